The number of hydrogen-bond donors (Lipinski definition) is 1. The highest BCUT2D eigenvalue weighted by Crippen LogP contribution is 2.27. The molecule has 0 unspecified atom stereocenters. The van der Waals surface area contributed by atoms with Gasteiger partial charge in [-0.2, -0.15) is 4.98 Å². The van der Waals surface area contributed by atoms with Crippen molar-refractivity contribution < 1.29 is 9.32 Å². The number of pyridine rings is 2. The standard InChI is InChI=1S/C23H23N5O3/c1-15(2)10-12-25-20(29)14-28-19-9-4-3-7-16(19)17(13-21(28)30)23-26-22(27-31-23)18-8-5-6-11-24-18/h3-9,11,13,15H,10,12,14H2,1-2H3,(H,25,29). The van der Waals surface area contributed by atoms with Crippen LogP contribution in [0.3, 0.4) is 0 Å². The molecule has 0 atom stereocenters. The van der Waals surface area contributed by atoms with Crippen molar-refractivity contribution in [3.63, 3.8) is 0 Å². The van der Waals surface area contributed by atoms with E-state index in [9.17, 15) is 9.59 Å². The van der Waals surface area contributed by atoms with Gasteiger partial charge in [0.15, 0.2) is 0 Å². The van der Waals surface area contributed by atoms with Gasteiger partial charge in [0.25, 0.3) is 11.4 Å². The summed E-state index contributed by atoms with van der Waals surface area (Å²) in [6.07, 6.45) is 2.53. The summed E-state index contributed by atoms with van der Waals surface area (Å²) in [5.41, 5.74) is 1.41. The zero-order valence-electron chi connectivity index (χ0n) is 17.4. The van der Waals surface area contributed by atoms with Crippen LogP contribution in [0, 0.1) is 5.92 Å². The van der Waals surface area contributed by atoms with E-state index >= 15 is 0 Å². The van der Waals surface area contributed by atoms with Crippen molar-refractivity contribution >= 4 is 16.8 Å². The van der Waals surface area contributed by atoms with E-state index in [0.717, 1.165) is 11.8 Å². The quantitative estimate of drug-likeness (QED) is 0.495. The van der Waals surface area contributed by atoms with Gasteiger partial charge < -0.3 is 9.84 Å². The van der Waals surface area contributed by atoms with Gasteiger partial charge in [0.1, 0.15) is 12.2 Å². The molecule has 4 aromatic rings. The molecule has 3 heterocycles. The summed E-state index contributed by atoms with van der Waals surface area (Å²) in [6, 6.07) is 14.2. The summed E-state index contributed by atoms with van der Waals surface area (Å²) in [6.45, 7) is 4.72. The Morgan fingerprint density at radius 2 is 1.97 bits per heavy atom. The monoisotopic (exact) mass is 417 g/mol. The predicted molar refractivity (Wildman–Crippen MR) is 117 cm³/mol. The van der Waals surface area contributed by atoms with Crippen LogP contribution in [0.25, 0.3) is 33.9 Å². The van der Waals surface area contributed by atoms with Crippen LogP contribution in [0.5, 0.6) is 0 Å². The van der Waals surface area contributed by atoms with E-state index < -0.39 is 0 Å². The summed E-state index contributed by atoms with van der Waals surface area (Å²) < 4.78 is 6.89. The maximum absolute atomic E-state index is 12.9. The number of hydrogen-bond acceptors (Lipinski definition) is 6. The second-order valence-electron chi connectivity index (χ2n) is 7.67. The molecule has 8 heteroatoms. The zero-order chi connectivity index (χ0) is 21.8. The second kappa shape index (κ2) is 8.91. The third kappa shape index (κ3) is 4.53. The molecule has 0 spiro atoms. The summed E-state index contributed by atoms with van der Waals surface area (Å²) in [4.78, 5) is 33.9. The smallest absolute Gasteiger partial charge is 0.259 e. The van der Waals surface area contributed by atoms with Crippen molar-refractivity contribution in [1.29, 1.82) is 0 Å². The number of nitrogens with one attached hydrogen (secondary N) is 1. The van der Waals surface area contributed by atoms with Crippen LogP contribution in [0.4, 0.5) is 0 Å². The van der Waals surface area contributed by atoms with Crippen molar-refractivity contribution in [2.75, 3.05) is 6.54 Å². The Hall–Kier alpha value is -3.81. The van der Waals surface area contributed by atoms with Gasteiger partial charge in [-0.25, -0.2) is 0 Å². The van der Waals surface area contributed by atoms with Gasteiger partial charge in [-0.15, -0.1) is 0 Å². The highest BCUT2D eigenvalue weighted by Gasteiger charge is 2.18. The average molecular weight is 417 g/mol. The van der Waals surface area contributed by atoms with E-state index in [2.05, 4.69) is 34.3 Å². The molecule has 0 aliphatic heterocycles. The fourth-order valence-corrected chi connectivity index (χ4v) is 3.31. The normalized spacial score (nSPS) is 11.2. The molecular weight excluding hydrogens is 394 g/mol. The maximum Gasteiger partial charge on any atom is 0.259 e. The Labute approximate surface area is 178 Å². The summed E-state index contributed by atoms with van der Waals surface area (Å²) in [7, 11) is 0. The van der Waals surface area contributed by atoms with Gasteiger partial charge in [0, 0.05) is 24.2 Å². The lowest BCUT2D eigenvalue weighted by atomic mass is 10.1. The van der Waals surface area contributed by atoms with Gasteiger partial charge in [-0.1, -0.05) is 43.3 Å². The van der Waals surface area contributed by atoms with Crippen molar-refractivity contribution in [3.05, 3.63) is 65.1 Å². The van der Waals surface area contributed by atoms with Gasteiger partial charge in [0.2, 0.25) is 11.7 Å². The number of amides is 1. The van der Waals surface area contributed by atoms with E-state index in [-0.39, 0.29) is 23.9 Å². The number of nitrogens with zero attached hydrogens (tertiary/aromatic N) is 4. The number of fused-ring (bicyclic) bond motifs is 1. The minimum atomic E-state index is -0.315. The topological polar surface area (TPSA) is 103 Å². The summed E-state index contributed by atoms with van der Waals surface area (Å²) >= 11 is 0. The predicted octanol–water partition coefficient (Wildman–Crippen LogP) is 3.28. The first-order chi connectivity index (χ1) is 15.0. The lowest BCUT2D eigenvalue weighted by Gasteiger charge is -2.12. The Morgan fingerprint density at radius 1 is 1.16 bits per heavy atom. The average Bonchev–Trinajstić information content (AvgIpc) is 3.26. The maximum atomic E-state index is 12.9. The molecule has 158 valence electrons. The molecule has 1 N–H and O–H groups in total. The molecule has 0 radical (unpaired) electrons. The number of benzene rings is 1. The molecule has 0 aliphatic rings. The highest BCUT2D eigenvalue weighted by molar-refractivity contribution is 5.93. The van der Waals surface area contributed by atoms with E-state index in [4.69, 9.17) is 4.52 Å². The van der Waals surface area contributed by atoms with Gasteiger partial charge in [-0.05, 0) is 30.5 Å². The number of aromatic nitrogens is 4. The van der Waals surface area contributed by atoms with E-state index in [1.807, 2.05) is 24.3 Å². The number of rotatable bonds is 7. The van der Waals surface area contributed by atoms with Crippen LogP contribution in [0.2, 0.25) is 0 Å². The molecule has 4 rings (SSSR count). The van der Waals surface area contributed by atoms with Crippen LogP contribution in [-0.2, 0) is 11.3 Å². The Morgan fingerprint density at radius 3 is 2.74 bits per heavy atom. The minimum Gasteiger partial charge on any atom is -0.355 e. The molecule has 0 aliphatic carbocycles. The lowest BCUT2D eigenvalue weighted by molar-refractivity contribution is -0.121. The Bertz CT molecular complexity index is 1260. The number of carbonyl (C=O) groups excluding carboxylic acids is 1. The van der Waals surface area contributed by atoms with Gasteiger partial charge >= 0.3 is 0 Å². The summed E-state index contributed by atoms with van der Waals surface area (Å²) in [5.74, 6) is 0.861. The van der Waals surface area contributed by atoms with Crippen molar-refractivity contribution in [2.24, 2.45) is 5.92 Å². The lowest BCUT2D eigenvalue weighted by Crippen LogP contribution is -2.33. The Balaban J connectivity index is 1.68. The fourth-order valence-electron chi connectivity index (χ4n) is 3.31. The third-order valence-electron chi connectivity index (χ3n) is 4.91. The van der Waals surface area contributed by atoms with Crippen LogP contribution < -0.4 is 10.9 Å². The van der Waals surface area contributed by atoms with Crippen LogP contribution in [-0.4, -0.2) is 32.1 Å². The van der Waals surface area contributed by atoms with E-state index in [1.54, 1.807) is 24.4 Å². The second-order valence-corrected chi connectivity index (χ2v) is 7.67. The molecule has 3 aromatic heterocycles. The zero-order valence-corrected chi connectivity index (χ0v) is 17.4. The molecule has 0 saturated carbocycles. The molecule has 1 aromatic carbocycles. The molecule has 0 bridgehead atoms. The van der Waals surface area contributed by atoms with Crippen molar-refractivity contribution in [3.8, 4) is 23.0 Å². The first-order valence-corrected chi connectivity index (χ1v) is 10.2. The van der Waals surface area contributed by atoms with Crippen LogP contribution in [0.1, 0.15) is 20.3 Å². The van der Waals surface area contributed by atoms with Crippen molar-refractivity contribution in [1.82, 2.24) is 25.0 Å². The number of para-hydroxylation sites is 1. The molecule has 31 heavy (non-hydrogen) atoms. The molecular formula is C23H23N5O3. The third-order valence-corrected chi connectivity index (χ3v) is 4.91. The summed E-state index contributed by atoms with van der Waals surface area (Å²) in [5, 5.41) is 7.62. The van der Waals surface area contributed by atoms with E-state index in [0.29, 0.717) is 35.1 Å². The first-order valence-electron chi connectivity index (χ1n) is 10.2. The highest BCUT2D eigenvalue weighted by atomic mass is 16.5. The minimum absolute atomic E-state index is 0.0548. The van der Waals surface area contributed by atoms with Crippen LogP contribution in [0.15, 0.2) is 64.0 Å². The van der Waals surface area contributed by atoms with E-state index in [1.165, 1.54) is 10.6 Å². The molecule has 8 nitrogen and oxygen atoms in total. The first kappa shape index (κ1) is 20.5. The van der Waals surface area contributed by atoms with Crippen LogP contribution >= 0.6 is 0 Å². The van der Waals surface area contributed by atoms with Gasteiger partial charge in [0.05, 0.1) is 11.1 Å². The van der Waals surface area contributed by atoms with Crippen molar-refractivity contribution in [2.45, 2.75) is 26.8 Å². The molecule has 1 amide bonds. The Kier molecular flexibility index (Phi) is 5.88. The SMILES string of the molecule is CC(C)CCNC(=O)Cn1c(=O)cc(-c2nc(-c3ccccn3)no2)c2ccccc21. The number of carbonyl (C=O) groups is 1. The largest absolute Gasteiger partial charge is 0.355 e. The molecule has 0 saturated heterocycles. The molecule has 0 fully saturated rings. The van der Waals surface area contributed by atoms with Gasteiger partial charge in [-0.3, -0.25) is 19.1 Å². The fraction of sp³-hybridized carbons (Fsp3) is 0.261.